The molecule has 198 valence electrons. The number of carbonyl (C=O) groups excluding carboxylic acids is 2. The lowest BCUT2D eigenvalue weighted by atomic mass is 9.76. The lowest BCUT2D eigenvalue weighted by Gasteiger charge is -2.45. The van der Waals surface area contributed by atoms with E-state index in [4.69, 9.17) is 0 Å². The molecule has 4 fully saturated rings. The van der Waals surface area contributed by atoms with Crippen LogP contribution >= 0.6 is 0 Å². The number of amides is 2. The minimum Gasteiger partial charge on any atom is -0.339 e. The van der Waals surface area contributed by atoms with Crippen LogP contribution in [-0.2, 0) is 4.79 Å². The standard InChI is InChI=1S/C33H39N3O2/c1-23-20-33(32(38)36(23)21-24-11-12-24)15-6-16-35(22-33)27-13-17-34(18-14-27)31(37)30-28-9-4-2-7-25(28)19-26-8-3-5-10-29(26)30/h2-5,7-10,19,23-24,27H,6,11-18,20-22H2,1H3. The molecule has 5 nitrogen and oxygen atoms in total. The Hall–Kier alpha value is -2.92. The van der Waals surface area contributed by atoms with Gasteiger partial charge in [0.15, 0.2) is 0 Å². The van der Waals surface area contributed by atoms with E-state index in [1.165, 1.54) is 12.8 Å². The molecule has 2 amide bonds. The van der Waals surface area contributed by atoms with Crippen molar-refractivity contribution < 1.29 is 9.59 Å². The number of fused-ring (bicyclic) bond motifs is 2. The van der Waals surface area contributed by atoms with Crippen molar-refractivity contribution in [3.8, 4) is 0 Å². The van der Waals surface area contributed by atoms with Crippen LogP contribution in [0, 0.1) is 11.3 Å². The molecule has 3 saturated heterocycles. The Bertz CT molecular complexity index is 1340. The molecule has 2 atom stereocenters. The minimum atomic E-state index is -0.179. The number of likely N-dealkylation sites (tertiary alicyclic amines) is 3. The number of piperidine rings is 2. The number of rotatable bonds is 4. The largest absolute Gasteiger partial charge is 0.339 e. The first-order valence-corrected chi connectivity index (χ1v) is 14.8. The third-order valence-electron chi connectivity index (χ3n) is 9.94. The first-order chi connectivity index (χ1) is 18.5. The van der Waals surface area contributed by atoms with Gasteiger partial charge in [-0.05, 0) is 91.9 Å². The van der Waals surface area contributed by atoms with Crippen LogP contribution in [0.25, 0.3) is 21.5 Å². The molecule has 4 aliphatic rings. The summed E-state index contributed by atoms with van der Waals surface area (Å²) in [6, 6.07) is 19.6. The summed E-state index contributed by atoms with van der Waals surface area (Å²) in [7, 11) is 0. The second kappa shape index (κ2) is 9.37. The van der Waals surface area contributed by atoms with Crippen LogP contribution in [0.3, 0.4) is 0 Å². The Kier molecular flexibility index (Phi) is 5.95. The zero-order valence-corrected chi connectivity index (χ0v) is 22.6. The van der Waals surface area contributed by atoms with Crippen molar-refractivity contribution in [1.82, 2.24) is 14.7 Å². The Morgan fingerprint density at radius 3 is 2.24 bits per heavy atom. The monoisotopic (exact) mass is 509 g/mol. The molecule has 1 saturated carbocycles. The van der Waals surface area contributed by atoms with Gasteiger partial charge in [0.2, 0.25) is 5.91 Å². The Balaban J connectivity index is 1.07. The van der Waals surface area contributed by atoms with Gasteiger partial charge in [0.25, 0.3) is 5.91 Å². The third kappa shape index (κ3) is 4.10. The number of hydrogen-bond donors (Lipinski definition) is 0. The first-order valence-electron chi connectivity index (χ1n) is 14.8. The molecule has 0 N–H and O–H groups in total. The highest BCUT2D eigenvalue weighted by Gasteiger charge is 2.53. The van der Waals surface area contributed by atoms with Crippen LogP contribution in [0.1, 0.15) is 62.2 Å². The molecule has 3 aromatic rings. The summed E-state index contributed by atoms with van der Waals surface area (Å²) in [5, 5.41) is 4.32. The molecule has 1 spiro atoms. The van der Waals surface area contributed by atoms with Gasteiger partial charge in [-0.25, -0.2) is 0 Å². The normalized spacial score (nSPS) is 27.2. The van der Waals surface area contributed by atoms with Crippen molar-refractivity contribution in [3.63, 3.8) is 0 Å². The molecule has 3 aromatic carbocycles. The van der Waals surface area contributed by atoms with E-state index in [2.05, 4.69) is 52.0 Å². The second-order valence-corrected chi connectivity index (χ2v) is 12.5. The average Bonchev–Trinajstić information content (AvgIpc) is 3.75. The molecule has 0 radical (unpaired) electrons. The fraction of sp³-hybridized carbons (Fsp3) is 0.515. The molecule has 0 aromatic heterocycles. The summed E-state index contributed by atoms with van der Waals surface area (Å²) in [6.45, 7) is 6.79. The lowest BCUT2D eigenvalue weighted by Crippen LogP contribution is -2.54. The smallest absolute Gasteiger partial charge is 0.255 e. The van der Waals surface area contributed by atoms with Crippen LogP contribution in [0.15, 0.2) is 54.6 Å². The highest BCUT2D eigenvalue weighted by atomic mass is 16.2. The van der Waals surface area contributed by atoms with E-state index in [0.29, 0.717) is 18.0 Å². The number of nitrogens with zero attached hydrogens (tertiary/aromatic N) is 3. The van der Waals surface area contributed by atoms with Crippen molar-refractivity contribution in [3.05, 3.63) is 60.2 Å². The average molecular weight is 510 g/mol. The van der Waals surface area contributed by atoms with Crippen molar-refractivity contribution in [2.75, 3.05) is 32.7 Å². The topological polar surface area (TPSA) is 43.9 Å². The van der Waals surface area contributed by atoms with Crippen molar-refractivity contribution in [2.24, 2.45) is 11.3 Å². The Morgan fingerprint density at radius 1 is 0.921 bits per heavy atom. The zero-order chi connectivity index (χ0) is 25.9. The van der Waals surface area contributed by atoms with E-state index >= 15 is 0 Å². The van der Waals surface area contributed by atoms with Crippen molar-refractivity contribution in [1.29, 1.82) is 0 Å². The summed E-state index contributed by atoms with van der Waals surface area (Å²) in [4.78, 5) is 34.5. The van der Waals surface area contributed by atoms with Crippen molar-refractivity contribution in [2.45, 2.75) is 64.0 Å². The maximum absolute atomic E-state index is 14.0. The van der Waals surface area contributed by atoms with Gasteiger partial charge in [-0.15, -0.1) is 0 Å². The highest BCUT2D eigenvalue weighted by Crippen LogP contribution is 2.45. The predicted octanol–water partition coefficient (Wildman–Crippen LogP) is 5.71. The third-order valence-corrected chi connectivity index (χ3v) is 9.94. The SMILES string of the molecule is CC1CC2(CCCN(C3CCN(C(=O)c4c5ccccc5cc5ccccc45)CC3)C2)C(=O)N1CC1CC1. The second-order valence-electron chi connectivity index (χ2n) is 12.5. The van der Waals surface area contributed by atoms with E-state index in [-0.39, 0.29) is 11.3 Å². The maximum Gasteiger partial charge on any atom is 0.255 e. The maximum atomic E-state index is 14.0. The summed E-state index contributed by atoms with van der Waals surface area (Å²) in [6.07, 6.45) is 7.72. The van der Waals surface area contributed by atoms with Crippen molar-refractivity contribution >= 4 is 33.4 Å². The van der Waals surface area contributed by atoms with Crippen LogP contribution in [0.4, 0.5) is 0 Å². The van der Waals surface area contributed by atoms with Gasteiger partial charge in [-0.1, -0.05) is 48.5 Å². The fourth-order valence-corrected chi connectivity index (χ4v) is 7.77. The summed E-state index contributed by atoms with van der Waals surface area (Å²) >= 11 is 0. The fourth-order valence-electron chi connectivity index (χ4n) is 7.77. The predicted molar refractivity (Wildman–Crippen MR) is 152 cm³/mol. The number of carbonyl (C=O) groups is 2. The molecule has 1 aliphatic carbocycles. The molecular formula is C33H39N3O2. The summed E-state index contributed by atoms with van der Waals surface area (Å²) in [5.74, 6) is 1.33. The van der Waals surface area contributed by atoms with Crippen LogP contribution < -0.4 is 0 Å². The van der Waals surface area contributed by atoms with Crippen LogP contribution in [-0.4, -0.2) is 71.3 Å². The number of benzene rings is 3. The summed E-state index contributed by atoms with van der Waals surface area (Å²) in [5.41, 5.74) is 0.664. The van der Waals surface area contributed by atoms with Gasteiger partial charge in [-0.2, -0.15) is 0 Å². The van der Waals surface area contributed by atoms with Gasteiger partial charge in [0, 0.05) is 38.3 Å². The van der Waals surface area contributed by atoms with Gasteiger partial charge >= 0.3 is 0 Å². The minimum absolute atomic E-state index is 0.155. The molecule has 5 heteroatoms. The molecule has 3 heterocycles. The van der Waals surface area contributed by atoms with E-state index in [0.717, 1.165) is 97.9 Å². The van der Waals surface area contributed by atoms with Crippen LogP contribution in [0.2, 0.25) is 0 Å². The Labute approximate surface area is 225 Å². The summed E-state index contributed by atoms with van der Waals surface area (Å²) < 4.78 is 0. The van der Waals surface area contributed by atoms with E-state index < -0.39 is 0 Å². The zero-order valence-electron chi connectivity index (χ0n) is 22.6. The number of hydrogen-bond acceptors (Lipinski definition) is 3. The first kappa shape index (κ1) is 24.1. The molecular weight excluding hydrogens is 470 g/mol. The Morgan fingerprint density at radius 2 is 1.58 bits per heavy atom. The van der Waals surface area contributed by atoms with Gasteiger partial charge in [-0.3, -0.25) is 14.5 Å². The molecule has 38 heavy (non-hydrogen) atoms. The van der Waals surface area contributed by atoms with E-state index in [9.17, 15) is 9.59 Å². The molecule has 0 bridgehead atoms. The van der Waals surface area contributed by atoms with E-state index in [1.807, 2.05) is 24.3 Å². The van der Waals surface area contributed by atoms with Gasteiger partial charge < -0.3 is 9.80 Å². The molecule has 2 unspecified atom stereocenters. The van der Waals surface area contributed by atoms with Gasteiger partial charge in [0.1, 0.15) is 0 Å². The highest BCUT2D eigenvalue weighted by molar-refractivity contribution is 6.18. The quantitative estimate of drug-likeness (QED) is 0.423. The molecule has 7 rings (SSSR count). The van der Waals surface area contributed by atoms with Crippen LogP contribution in [0.5, 0.6) is 0 Å². The molecule has 3 aliphatic heterocycles. The van der Waals surface area contributed by atoms with Gasteiger partial charge in [0.05, 0.1) is 11.0 Å². The lowest BCUT2D eigenvalue weighted by molar-refractivity contribution is -0.140. The van der Waals surface area contributed by atoms with E-state index in [1.54, 1.807) is 0 Å².